The maximum absolute atomic E-state index is 13.6. The van der Waals surface area contributed by atoms with Gasteiger partial charge in [0, 0.05) is 5.56 Å². The van der Waals surface area contributed by atoms with E-state index in [0.717, 1.165) is 24.8 Å². The zero-order valence-electron chi connectivity index (χ0n) is 8.18. The number of hydrogen-bond donors (Lipinski definition) is 0. The van der Waals surface area contributed by atoms with Crippen molar-refractivity contribution in [3.8, 4) is 6.07 Å². The fraction of sp³-hybridized carbons (Fsp3) is 0.417. The molecular weight excluding hydrogens is 177 g/mol. The van der Waals surface area contributed by atoms with Crippen LogP contribution in [0.2, 0.25) is 0 Å². The lowest BCUT2D eigenvalue weighted by atomic mass is 9.65. The molecule has 0 aromatic heterocycles. The fourth-order valence-electron chi connectivity index (χ4n) is 1.98. The van der Waals surface area contributed by atoms with Crippen molar-refractivity contribution in [2.45, 2.75) is 31.6 Å². The van der Waals surface area contributed by atoms with Crippen molar-refractivity contribution < 1.29 is 4.39 Å². The molecule has 0 saturated heterocycles. The van der Waals surface area contributed by atoms with Crippen LogP contribution >= 0.6 is 0 Å². The second kappa shape index (κ2) is 3.09. The zero-order valence-corrected chi connectivity index (χ0v) is 8.18. The molecule has 1 aliphatic carbocycles. The number of aryl methyl sites for hydroxylation is 1. The number of nitriles is 1. The Hall–Kier alpha value is -1.36. The van der Waals surface area contributed by atoms with Crippen LogP contribution < -0.4 is 0 Å². The predicted molar refractivity (Wildman–Crippen MR) is 52.3 cm³/mol. The molecule has 1 saturated carbocycles. The standard InChI is InChI=1S/C12H12FN/c1-9-3-4-10(11(13)7-9)12(8-14)5-2-6-12/h3-4,7H,2,5-6H2,1H3. The van der Waals surface area contributed by atoms with Crippen molar-refractivity contribution in [2.24, 2.45) is 0 Å². The van der Waals surface area contributed by atoms with Crippen LogP contribution in [-0.4, -0.2) is 0 Å². The lowest BCUT2D eigenvalue weighted by molar-refractivity contribution is 0.313. The van der Waals surface area contributed by atoms with E-state index in [-0.39, 0.29) is 5.82 Å². The summed E-state index contributed by atoms with van der Waals surface area (Å²) in [5, 5.41) is 9.07. The molecule has 0 atom stereocenters. The first-order chi connectivity index (χ1) is 6.68. The zero-order chi connectivity index (χ0) is 10.2. The van der Waals surface area contributed by atoms with Gasteiger partial charge in [-0.2, -0.15) is 5.26 Å². The molecule has 0 radical (unpaired) electrons. The number of benzene rings is 1. The highest BCUT2D eigenvalue weighted by Crippen LogP contribution is 2.44. The number of nitrogens with zero attached hydrogens (tertiary/aromatic N) is 1. The predicted octanol–water partition coefficient (Wildman–Crippen LogP) is 3.08. The molecular formula is C12H12FN. The van der Waals surface area contributed by atoms with E-state index in [9.17, 15) is 4.39 Å². The highest BCUT2D eigenvalue weighted by atomic mass is 19.1. The van der Waals surface area contributed by atoms with Crippen LogP contribution in [0, 0.1) is 24.1 Å². The Balaban J connectivity index is 2.46. The Labute approximate surface area is 83.2 Å². The monoisotopic (exact) mass is 189 g/mol. The first-order valence-corrected chi connectivity index (χ1v) is 4.86. The molecule has 72 valence electrons. The van der Waals surface area contributed by atoms with Gasteiger partial charge in [-0.05, 0) is 37.8 Å². The van der Waals surface area contributed by atoms with Gasteiger partial charge in [0.1, 0.15) is 5.82 Å². The van der Waals surface area contributed by atoms with E-state index < -0.39 is 5.41 Å². The van der Waals surface area contributed by atoms with Crippen LogP contribution in [0.25, 0.3) is 0 Å². The van der Waals surface area contributed by atoms with Gasteiger partial charge in [0.25, 0.3) is 0 Å². The maximum Gasteiger partial charge on any atom is 0.128 e. The summed E-state index contributed by atoms with van der Waals surface area (Å²) in [5.74, 6) is -0.230. The maximum atomic E-state index is 13.6. The van der Waals surface area contributed by atoms with Crippen molar-refractivity contribution in [1.29, 1.82) is 5.26 Å². The largest absolute Gasteiger partial charge is 0.207 e. The summed E-state index contributed by atoms with van der Waals surface area (Å²) in [6, 6.07) is 7.39. The van der Waals surface area contributed by atoms with Crippen molar-refractivity contribution in [1.82, 2.24) is 0 Å². The molecule has 1 aromatic carbocycles. The second-order valence-electron chi connectivity index (χ2n) is 4.03. The highest BCUT2D eigenvalue weighted by molar-refractivity contribution is 5.37. The van der Waals surface area contributed by atoms with Crippen molar-refractivity contribution in [3.05, 3.63) is 35.1 Å². The minimum absolute atomic E-state index is 0.230. The van der Waals surface area contributed by atoms with E-state index in [1.54, 1.807) is 6.07 Å². The van der Waals surface area contributed by atoms with E-state index in [0.29, 0.717) is 5.56 Å². The Morgan fingerprint density at radius 2 is 2.14 bits per heavy atom. The minimum Gasteiger partial charge on any atom is -0.207 e. The van der Waals surface area contributed by atoms with Gasteiger partial charge in [-0.1, -0.05) is 12.1 Å². The van der Waals surface area contributed by atoms with Gasteiger partial charge in [-0.3, -0.25) is 0 Å². The van der Waals surface area contributed by atoms with Gasteiger partial charge in [-0.15, -0.1) is 0 Å². The average molecular weight is 189 g/mol. The van der Waals surface area contributed by atoms with E-state index in [1.807, 2.05) is 13.0 Å². The summed E-state index contributed by atoms with van der Waals surface area (Å²) in [4.78, 5) is 0. The van der Waals surface area contributed by atoms with Crippen molar-refractivity contribution in [3.63, 3.8) is 0 Å². The molecule has 14 heavy (non-hydrogen) atoms. The van der Waals surface area contributed by atoms with Crippen LogP contribution in [-0.2, 0) is 5.41 Å². The molecule has 1 fully saturated rings. The van der Waals surface area contributed by atoms with Gasteiger partial charge in [0.15, 0.2) is 0 Å². The fourth-order valence-corrected chi connectivity index (χ4v) is 1.98. The Morgan fingerprint density at radius 3 is 2.57 bits per heavy atom. The lowest BCUT2D eigenvalue weighted by Gasteiger charge is -2.35. The van der Waals surface area contributed by atoms with E-state index in [2.05, 4.69) is 6.07 Å². The summed E-state index contributed by atoms with van der Waals surface area (Å²) in [6.07, 6.45) is 2.62. The van der Waals surface area contributed by atoms with Crippen LogP contribution in [0.3, 0.4) is 0 Å². The second-order valence-corrected chi connectivity index (χ2v) is 4.03. The Morgan fingerprint density at radius 1 is 1.43 bits per heavy atom. The first kappa shape index (κ1) is 9.21. The summed E-state index contributed by atoms with van der Waals surface area (Å²) in [7, 11) is 0. The molecule has 0 aliphatic heterocycles. The van der Waals surface area contributed by atoms with Gasteiger partial charge in [0.05, 0.1) is 11.5 Å². The van der Waals surface area contributed by atoms with Gasteiger partial charge >= 0.3 is 0 Å². The minimum atomic E-state index is -0.530. The Bertz CT molecular complexity index is 399. The third-order valence-electron chi connectivity index (χ3n) is 3.06. The molecule has 0 heterocycles. The molecule has 0 spiro atoms. The normalized spacial score (nSPS) is 18.4. The van der Waals surface area contributed by atoms with Gasteiger partial charge < -0.3 is 0 Å². The van der Waals surface area contributed by atoms with E-state index in [1.165, 1.54) is 6.07 Å². The summed E-state index contributed by atoms with van der Waals surface area (Å²) < 4.78 is 13.6. The van der Waals surface area contributed by atoms with E-state index >= 15 is 0 Å². The van der Waals surface area contributed by atoms with Gasteiger partial charge in [0.2, 0.25) is 0 Å². The Kier molecular flexibility index (Phi) is 2.03. The molecule has 0 amide bonds. The molecule has 0 N–H and O–H groups in total. The molecule has 0 bridgehead atoms. The van der Waals surface area contributed by atoms with Crippen LogP contribution in [0.5, 0.6) is 0 Å². The lowest BCUT2D eigenvalue weighted by Crippen LogP contribution is -2.33. The third kappa shape index (κ3) is 1.21. The molecule has 1 aromatic rings. The quantitative estimate of drug-likeness (QED) is 0.666. The molecule has 1 nitrogen and oxygen atoms in total. The van der Waals surface area contributed by atoms with Gasteiger partial charge in [-0.25, -0.2) is 4.39 Å². The SMILES string of the molecule is Cc1ccc(C2(C#N)CCC2)c(F)c1. The highest BCUT2D eigenvalue weighted by Gasteiger charge is 2.40. The van der Waals surface area contributed by atoms with Crippen molar-refractivity contribution >= 4 is 0 Å². The number of rotatable bonds is 1. The van der Waals surface area contributed by atoms with Crippen molar-refractivity contribution in [2.75, 3.05) is 0 Å². The van der Waals surface area contributed by atoms with Crippen LogP contribution in [0.4, 0.5) is 4.39 Å². The van der Waals surface area contributed by atoms with E-state index in [4.69, 9.17) is 5.26 Å². The molecule has 0 unspecified atom stereocenters. The molecule has 2 rings (SSSR count). The molecule has 1 aliphatic rings. The topological polar surface area (TPSA) is 23.8 Å². The third-order valence-corrected chi connectivity index (χ3v) is 3.06. The number of hydrogen-bond acceptors (Lipinski definition) is 1. The smallest absolute Gasteiger partial charge is 0.128 e. The van der Waals surface area contributed by atoms with Crippen LogP contribution in [0.15, 0.2) is 18.2 Å². The average Bonchev–Trinajstić information content (AvgIpc) is 2.07. The van der Waals surface area contributed by atoms with Crippen LogP contribution in [0.1, 0.15) is 30.4 Å². The summed E-state index contributed by atoms with van der Waals surface area (Å²) in [6.45, 7) is 1.85. The first-order valence-electron chi connectivity index (χ1n) is 4.86. The number of halogens is 1. The molecule has 2 heteroatoms. The summed E-state index contributed by atoms with van der Waals surface area (Å²) in [5.41, 5.74) is 0.952. The summed E-state index contributed by atoms with van der Waals surface area (Å²) >= 11 is 0.